The first-order valence-electron chi connectivity index (χ1n) is 7.77. The van der Waals surface area contributed by atoms with Crippen LogP contribution >= 0.6 is 0 Å². The van der Waals surface area contributed by atoms with Gasteiger partial charge in [0.2, 0.25) is 5.91 Å². The minimum atomic E-state index is -0.166. The van der Waals surface area contributed by atoms with Crippen LogP contribution < -0.4 is 10.6 Å². The molecule has 0 radical (unpaired) electrons. The van der Waals surface area contributed by atoms with E-state index in [9.17, 15) is 4.79 Å². The standard InChI is InChI=1S/C17H26N2O/c1-4-18-17(20)13(3)19-12(2)15-10-9-14-7-5-6-8-16(14)11-15/h9-13,19H,4-8H2,1-3H3,(H,18,20). The van der Waals surface area contributed by atoms with Crippen LogP contribution in [0, 0.1) is 0 Å². The van der Waals surface area contributed by atoms with Gasteiger partial charge in [0, 0.05) is 12.6 Å². The number of aryl methyl sites for hydroxylation is 2. The second-order valence-electron chi connectivity index (χ2n) is 5.74. The Bertz CT molecular complexity index is 470. The molecule has 110 valence electrons. The van der Waals surface area contributed by atoms with Gasteiger partial charge < -0.3 is 5.32 Å². The number of rotatable bonds is 5. The lowest BCUT2D eigenvalue weighted by atomic mass is 9.89. The van der Waals surface area contributed by atoms with Crippen molar-refractivity contribution < 1.29 is 4.79 Å². The molecule has 2 unspecified atom stereocenters. The molecule has 1 aromatic rings. The van der Waals surface area contributed by atoms with E-state index in [1.165, 1.54) is 42.4 Å². The molecule has 1 aliphatic rings. The summed E-state index contributed by atoms with van der Waals surface area (Å²) >= 11 is 0. The zero-order chi connectivity index (χ0) is 14.5. The van der Waals surface area contributed by atoms with E-state index in [4.69, 9.17) is 0 Å². The largest absolute Gasteiger partial charge is 0.355 e. The summed E-state index contributed by atoms with van der Waals surface area (Å²) < 4.78 is 0. The van der Waals surface area contributed by atoms with Crippen molar-refractivity contribution in [2.45, 2.75) is 58.5 Å². The van der Waals surface area contributed by atoms with Gasteiger partial charge in [-0.2, -0.15) is 0 Å². The molecule has 0 saturated heterocycles. The first-order valence-corrected chi connectivity index (χ1v) is 7.77. The van der Waals surface area contributed by atoms with Gasteiger partial charge in [-0.1, -0.05) is 18.2 Å². The predicted octanol–water partition coefficient (Wildman–Crippen LogP) is 2.74. The molecule has 0 spiro atoms. The molecule has 3 heteroatoms. The number of carbonyl (C=O) groups excluding carboxylic acids is 1. The number of likely N-dealkylation sites (N-methyl/N-ethyl adjacent to an activating group) is 1. The number of nitrogens with one attached hydrogen (secondary N) is 2. The van der Waals surface area contributed by atoms with Crippen molar-refractivity contribution in [2.75, 3.05) is 6.54 Å². The topological polar surface area (TPSA) is 41.1 Å². The summed E-state index contributed by atoms with van der Waals surface area (Å²) in [6, 6.07) is 6.81. The van der Waals surface area contributed by atoms with E-state index in [0.29, 0.717) is 6.54 Å². The summed E-state index contributed by atoms with van der Waals surface area (Å²) in [7, 11) is 0. The Morgan fingerprint density at radius 2 is 1.90 bits per heavy atom. The van der Waals surface area contributed by atoms with Crippen LogP contribution in [0.2, 0.25) is 0 Å². The quantitative estimate of drug-likeness (QED) is 0.867. The molecule has 2 rings (SSSR count). The highest BCUT2D eigenvalue weighted by molar-refractivity contribution is 5.81. The molecule has 3 nitrogen and oxygen atoms in total. The molecule has 2 N–H and O–H groups in total. The summed E-state index contributed by atoms with van der Waals surface area (Å²) in [6.45, 7) is 6.66. The molecular weight excluding hydrogens is 248 g/mol. The third-order valence-corrected chi connectivity index (χ3v) is 4.12. The Balaban J connectivity index is 2.02. The van der Waals surface area contributed by atoms with Crippen molar-refractivity contribution in [1.29, 1.82) is 0 Å². The van der Waals surface area contributed by atoms with E-state index >= 15 is 0 Å². The molecule has 2 atom stereocenters. The minimum Gasteiger partial charge on any atom is -0.355 e. The summed E-state index contributed by atoms with van der Waals surface area (Å²) in [5, 5.41) is 6.23. The number of carbonyl (C=O) groups is 1. The Morgan fingerprint density at radius 1 is 1.20 bits per heavy atom. The van der Waals surface area contributed by atoms with Gasteiger partial charge in [0.15, 0.2) is 0 Å². The van der Waals surface area contributed by atoms with Crippen molar-refractivity contribution in [2.24, 2.45) is 0 Å². The van der Waals surface area contributed by atoms with Crippen LogP contribution in [0.5, 0.6) is 0 Å². The lowest BCUT2D eigenvalue weighted by molar-refractivity contribution is -0.122. The Hall–Kier alpha value is -1.35. The van der Waals surface area contributed by atoms with Crippen LogP contribution in [0.4, 0.5) is 0 Å². The van der Waals surface area contributed by atoms with Gasteiger partial charge in [0.05, 0.1) is 6.04 Å². The number of amides is 1. The van der Waals surface area contributed by atoms with Crippen LogP contribution in [0.15, 0.2) is 18.2 Å². The fraction of sp³-hybridized carbons (Fsp3) is 0.588. The van der Waals surface area contributed by atoms with E-state index in [-0.39, 0.29) is 18.0 Å². The SMILES string of the molecule is CCNC(=O)C(C)NC(C)c1ccc2c(c1)CCCC2. The van der Waals surface area contributed by atoms with Crippen LogP contribution in [-0.2, 0) is 17.6 Å². The molecule has 1 aliphatic carbocycles. The average molecular weight is 274 g/mol. The summed E-state index contributed by atoms with van der Waals surface area (Å²) in [4.78, 5) is 11.8. The monoisotopic (exact) mass is 274 g/mol. The minimum absolute atomic E-state index is 0.0670. The lowest BCUT2D eigenvalue weighted by Gasteiger charge is -2.22. The van der Waals surface area contributed by atoms with Gasteiger partial charge in [0.1, 0.15) is 0 Å². The first-order chi connectivity index (χ1) is 9.61. The molecule has 1 aromatic carbocycles. The van der Waals surface area contributed by atoms with E-state index in [1.807, 2.05) is 13.8 Å². The molecule has 0 aliphatic heterocycles. The van der Waals surface area contributed by atoms with Crippen molar-refractivity contribution >= 4 is 5.91 Å². The van der Waals surface area contributed by atoms with Gasteiger partial charge in [0.25, 0.3) is 0 Å². The van der Waals surface area contributed by atoms with Gasteiger partial charge in [-0.15, -0.1) is 0 Å². The summed E-state index contributed by atoms with van der Waals surface area (Å²) in [5.74, 6) is 0.0670. The average Bonchev–Trinajstić information content (AvgIpc) is 2.46. The molecule has 20 heavy (non-hydrogen) atoms. The van der Waals surface area contributed by atoms with Crippen LogP contribution in [0.25, 0.3) is 0 Å². The van der Waals surface area contributed by atoms with Gasteiger partial charge in [-0.25, -0.2) is 0 Å². The smallest absolute Gasteiger partial charge is 0.236 e. The third kappa shape index (κ3) is 3.60. The van der Waals surface area contributed by atoms with E-state index in [2.05, 4.69) is 35.8 Å². The van der Waals surface area contributed by atoms with Crippen LogP contribution in [0.1, 0.15) is 56.3 Å². The molecular formula is C17H26N2O. The predicted molar refractivity (Wildman–Crippen MR) is 82.8 cm³/mol. The molecule has 0 bridgehead atoms. The number of hydrogen-bond acceptors (Lipinski definition) is 2. The highest BCUT2D eigenvalue weighted by Crippen LogP contribution is 2.24. The Labute approximate surface area is 122 Å². The van der Waals surface area contributed by atoms with E-state index in [1.54, 1.807) is 0 Å². The number of benzene rings is 1. The maximum Gasteiger partial charge on any atom is 0.236 e. The van der Waals surface area contributed by atoms with Crippen LogP contribution in [-0.4, -0.2) is 18.5 Å². The number of hydrogen-bond donors (Lipinski definition) is 2. The molecule has 0 fully saturated rings. The van der Waals surface area contributed by atoms with Crippen molar-refractivity contribution in [1.82, 2.24) is 10.6 Å². The van der Waals surface area contributed by atoms with Crippen molar-refractivity contribution in [3.8, 4) is 0 Å². The van der Waals surface area contributed by atoms with E-state index < -0.39 is 0 Å². The van der Waals surface area contributed by atoms with Gasteiger partial charge in [-0.05, 0) is 63.1 Å². The molecule has 0 saturated carbocycles. The lowest BCUT2D eigenvalue weighted by Crippen LogP contribution is -2.43. The second-order valence-corrected chi connectivity index (χ2v) is 5.74. The highest BCUT2D eigenvalue weighted by Gasteiger charge is 2.17. The first kappa shape index (κ1) is 15.0. The second kappa shape index (κ2) is 6.89. The van der Waals surface area contributed by atoms with Crippen molar-refractivity contribution in [3.63, 3.8) is 0 Å². The molecule has 0 heterocycles. The summed E-state index contributed by atoms with van der Waals surface area (Å²) in [6.07, 6.45) is 5.02. The summed E-state index contributed by atoms with van der Waals surface area (Å²) in [5.41, 5.74) is 4.28. The zero-order valence-corrected chi connectivity index (χ0v) is 12.8. The highest BCUT2D eigenvalue weighted by atomic mass is 16.2. The van der Waals surface area contributed by atoms with E-state index in [0.717, 1.165) is 0 Å². The fourth-order valence-electron chi connectivity index (χ4n) is 2.90. The van der Waals surface area contributed by atoms with Crippen LogP contribution in [0.3, 0.4) is 0 Å². The van der Waals surface area contributed by atoms with Gasteiger partial charge in [-0.3, -0.25) is 10.1 Å². The van der Waals surface area contributed by atoms with Crippen molar-refractivity contribution in [3.05, 3.63) is 34.9 Å². The maximum atomic E-state index is 11.8. The molecule has 1 amide bonds. The zero-order valence-electron chi connectivity index (χ0n) is 12.8. The Kier molecular flexibility index (Phi) is 5.18. The fourth-order valence-corrected chi connectivity index (χ4v) is 2.90. The maximum absolute atomic E-state index is 11.8. The molecule has 0 aromatic heterocycles. The Morgan fingerprint density at radius 3 is 2.60 bits per heavy atom. The normalized spacial score (nSPS) is 17.1. The third-order valence-electron chi connectivity index (χ3n) is 4.12. The van der Waals surface area contributed by atoms with Gasteiger partial charge >= 0.3 is 0 Å². The number of fused-ring (bicyclic) bond motifs is 1.